The molecule has 4 nitrogen and oxygen atoms in total. The van der Waals surface area contributed by atoms with Gasteiger partial charge in [-0.2, -0.15) is 0 Å². The lowest BCUT2D eigenvalue weighted by molar-refractivity contribution is -0.122. The molecule has 1 aliphatic carbocycles. The van der Waals surface area contributed by atoms with Crippen LogP contribution < -0.4 is 11.1 Å². The highest BCUT2D eigenvalue weighted by Crippen LogP contribution is 2.35. The monoisotopic (exact) mass is 329 g/mol. The summed E-state index contributed by atoms with van der Waals surface area (Å²) in [5, 5.41) is 5.04. The predicted octanol–water partition coefficient (Wildman–Crippen LogP) is 1.85. The second-order valence-electron chi connectivity index (χ2n) is 6.07. The molecule has 1 saturated heterocycles. The van der Waals surface area contributed by atoms with Gasteiger partial charge in [0.25, 0.3) is 0 Å². The number of rotatable bonds is 4. The van der Waals surface area contributed by atoms with E-state index in [0.717, 1.165) is 19.5 Å². The fraction of sp³-hybridized carbons (Fsp3) is 0.667. The lowest BCUT2D eigenvalue weighted by atomic mass is 9.78. The first-order valence-corrected chi connectivity index (χ1v) is 8.37. The van der Waals surface area contributed by atoms with Crippen LogP contribution >= 0.6 is 23.7 Å². The maximum absolute atomic E-state index is 12.0. The fourth-order valence-electron chi connectivity index (χ4n) is 3.60. The molecule has 0 spiro atoms. The number of fused-ring (bicyclic) bond motifs is 1. The van der Waals surface area contributed by atoms with E-state index in [1.165, 1.54) is 17.7 Å². The van der Waals surface area contributed by atoms with Gasteiger partial charge in [0.1, 0.15) is 0 Å². The largest absolute Gasteiger partial charge is 0.350 e. The van der Waals surface area contributed by atoms with Crippen molar-refractivity contribution in [2.75, 3.05) is 19.6 Å². The van der Waals surface area contributed by atoms with Crippen LogP contribution in [0.3, 0.4) is 0 Å². The van der Waals surface area contributed by atoms with Crippen LogP contribution in [0.15, 0.2) is 17.5 Å². The Morgan fingerprint density at radius 1 is 1.43 bits per heavy atom. The summed E-state index contributed by atoms with van der Waals surface area (Å²) >= 11 is 1.68. The summed E-state index contributed by atoms with van der Waals surface area (Å²) in [6.45, 7) is 3.21. The summed E-state index contributed by atoms with van der Waals surface area (Å²) in [5.41, 5.74) is 6.21. The summed E-state index contributed by atoms with van der Waals surface area (Å²) in [6.07, 6.45) is 3.69. The van der Waals surface area contributed by atoms with E-state index in [-0.39, 0.29) is 18.3 Å². The number of thiophene rings is 1. The molecule has 3 N–H and O–H groups in total. The summed E-state index contributed by atoms with van der Waals surface area (Å²) in [6, 6.07) is 4.40. The minimum atomic E-state index is 0. The van der Waals surface area contributed by atoms with Crippen LogP contribution in [0.25, 0.3) is 0 Å². The molecule has 118 valence electrons. The Morgan fingerprint density at radius 2 is 2.29 bits per heavy atom. The molecule has 0 bridgehead atoms. The van der Waals surface area contributed by atoms with Gasteiger partial charge in [-0.1, -0.05) is 12.5 Å². The number of hydrogen-bond acceptors (Lipinski definition) is 4. The highest BCUT2D eigenvalue weighted by atomic mass is 35.5. The van der Waals surface area contributed by atoms with Gasteiger partial charge in [0.2, 0.25) is 5.91 Å². The van der Waals surface area contributed by atoms with Crippen molar-refractivity contribution in [1.82, 2.24) is 10.2 Å². The fourth-order valence-corrected chi connectivity index (χ4v) is 4.24. The van der Waals surface area contributed by atoms with E-state index >= 15 is 0 Å². The lowest BCUT2D eigenvalue weighted by Gasteiger charge is -2.29. The smallest absolute Gasteiger partial charge is 0.234 e. The van der Waals surface area contributed by atoms with Crippen molar-refractivity contribution in [1.29, 1.82) is 0 Å². The van der Waals surface area contributed by atoms with Crippen molar-refractivity contribution in [3.63, 3.8) is 0 Å². The number of amides is 1. The van der Waals surface area contributed by atoms with E-state index in [0.29, 0.717) is 31.0 Å². The summed E-state index contributed by atoms with van der Waals surface area (Å²) in [4.78, 5) is 15.5. The van der Waals surface area contributed by atoms with Gasteiger partial charge in [0.05, 0.1) is 13.1 Å². The molecular formula is C15H24ClN3OS. The molecule has 3 rings (SSSR count). The van der Waals surface area contributed by atoms with Crippen LogP contribution in [-0.2, 0) is 11.3 Å². The van der Waals surface area contributed by atoms with Gasteiger partial charge >= 0.3 is 0 Å². The average molecular weight is 330 g/mol. The summed E-state index contributed by atoms with van der Waals surface area (Å²) in [7, 11) is 0. The maximum atomic E-state index is 12.0. The maximum Gasteiger partial charge on any atom is 0.234 e. The van der Waals surface area contributed by atoms with Crippen molar-refractivity contribution >= 4 is 29.7 Å². The molecule has 1 aromatic heterocycles. The van der Waals surface area contributed by atoms with Crippen molar-refractivity contribution < 1.29 is 4.79 Å². The minimum absolute atomic E-state index is 0. The summed E-state index contributed by atoms with van der Waals surface area (Å²) < 4.78 is 0. The van der Waals surface area contributed by atoms with Crippen LogP contribution in [0.5, 0.6) is 0 Å². The molecule has 6 heteroatoms. The zero-order valence-electron chi connectivity index (χ0n) is 12.2. The molecule has 3 unspecified atom stereocenters. The van der Waals surface area contributed by atoms with Gasteiger partial charge in [0.15, 0.2) is 0 Å². The van der Waals surface area contributed by atoms with Gasteiger partial charge < -0.3 is 11.1 Å². The molecule has 1 aromatic rings. The Bertz CT molecular complexity index is 454. The van der Waals surface area contributed by atoms with Gasteiger partial charge in [-0.05, 0) is 36.1 Å². The first-order chi connectivity index (χ1) is 9.72. The van der Waals surface area contributed by atoms with Gasteiger partial charge in [-0.3, -0.25) is 9.69 Å². The Kier molecular flexibility index (Phi) is 6.05. The molecule has 21 heavy (non-hydrogen) atoms. The molecule has 0 aromatic carbocycles. The Hall–Kier alpha value is -0.620. The first-order valence-electron chi connectivity index (χ1n) is 7.49. The number of hydrogen-bond donors (Lipinski definition) is 2. The van der Waals surface area contributed by atoms with E-state index in [1.807, 2.05) is 17.5 Å². The number of halogens is 1. The Balaban J connectivity index is 0.00000161. The number of carbonyl (C=O) groups is 1. The highest BCUT2D eigenvalue weighted by Gasteiger charge is 2.38. The minimum Gasteiger partial charge on any atom is -0.350 e. The second-order valence-corrected chi connectivity index (χ2v) is 7.10. The first kappa shape index (κ1) is 16.7. The topological polar surface area (TPSA) is 58.4 Å². The van der Waals surface area contributed by atoms with Crippen molar-refractivity contribution in [2.24, 2.45) is 17.6 Å². The van der Waals surface area contributed by atoms with Crippen LogP contribution in [0.2, 0.25) is 0 Å². The molecule has 3 atom stereocenters. The van der Waals surface area contributed by atoms with Crippen LogP contribution in [0.1, 0.15) is 24.1 Å². The molecule has 1 amide bonds. The number of nitrogens with two attached hydrogens (primary N) is 1. The Labute approximate surface area is 136 Å². The van der Waals surface area contributed by atoms with E-state index in [1.54, 1.807) is 11.3 Å². The Morgan fingerprint density at radius 3 is 3.00 bits per heavy atom. The molecule has 1 aliphatic heterocycles. The number of carbonyl (C=O) groups excluding carboxylic acids is 1. The quantitative estimate of drug-likeness (QED) is 0.886. The van der Waals surface area contributed by atoms with E-state index in [4.69, 9.17) is 5.73 Å². The van der Waals surface area contributed by atoms with E-state index in [9.17, 15) is 4.79 Å². The normalized spacial score (nSPS) is 28.7. The average Bonchev–Trinajstić information content (AvgIpc) is 3.05. The summed E-state index contributed by atoms with van der Waals surface area (Å²) in [5.74, 6) is 1.45. The van der Waals surface area contributed by atoms with Crippen molar-refractivity contribution in [3.05, 3.63) is 22.4 Å². The van der Waals surface area contributed by atoms with Crippen LogP contribution in [0, 0.1) is 11.8 Å². The van der Waals surface area contributed by atoms with Gasteiger partial charge in [-0.25, -0.2) is 0 Å². The highest BCUT2D eigenvalue weighted by molar-refractivity contribution is 7.09. The second kappa shape index (κ2) is 7.58. The molecular weight excluding hydrogens is 306 g/mol. The van der Waals surface area contributed by atoms with E-state index < -0.39 is 0 Å². The third-order valence-corrected chi connectivity index (χ3v) is 5.51. The number of nitrogens with zero attached hydrogens (tertiary/aromatic N) is 1. The SMILES string of the molecule is Cl.NC1CCCC2CN(CC(=O)NCc3cccs3)CC12. The molecule has 2 heterocycles. The lowest BCUT2D eigenvalue weighted by Crippen LogP contribution is -2.39. The van der Waals surface area contributed by atoms with Crippen molar-refractivity contribution in [3.8, 4) is 0 Å². The van der Waals surface area contributed by atoms with Crippen LogP contribution in [0.4, 0.5) is 0 Å². The third kappa shape index (κ3) is 4.19. The standard InChI is InChI=1S/C15H23N3OS.ClH/c16-14-5-1-3-11-8-18(9-13(11)14)10-15(19)17-7-12-4-2-6-20-12;/h2,4,6,11,13-14H,1,3,5,7-10,16H2,(H,17,19);1H. The van der Waals surface area contributed by atoms with Crippen LogP contribution in [-0.4, -0.2) is 36.5 Å². The van der Waals surface area contributed by atoms with Crippen molar-refractivity contribution in [2.45, 2.75) is 31.8 Å². The zero-order valence-corrected chi connectivity index (χ0v) is 13.8. The zero-order chi connectivity index (χ0) is 13.9. The molecule has 1 saturated carbocycles. The predicted molar refractivity (Wildman–Crippen MR) is 88.7 cm³/mol. The molecule has 2 fully saturated rings. The number of nitrogens with one attached hydrogen (secondary N) is 1. The third-order valence-electron chi connectivity index (χ3n) is 4.64. The van der Waals surface area contributed by atoms with Gasteiger partial charge in [-0.15, -0.1) is 23.7 Å². The number of likely N-dealkylation sites (tertiary alicyclic amines) is 1. The van der Waals surface area contributed by atoms with Gasteiger partial charge in [0, 0.05) is 24.0 Å². The molecule has 2 aliphatic rings. The van der Waals surface area contributed by atoms with E-state index in [2.05, 4.69) is 10.2 Å². The molecule has 0 radical (unpaired) electrons.